The quantitative estimate of drug-likeness (QED) is 0.451. The van der Waals surface area contributed by atoms with Gasteiger partial charge in [0.15, 0.2) is 0 Å². The number of rotatable bonds is 5. The standard InChI is InChI=1S/C27H25F3N2/c28-20-10-8-19(9-11-20)5-3-4-15-31-16-14-26-23(18-31)22-17-21(29)12-13-25(22)32(26)27-7-2-1-6-24(27)30/h1-3,5-13,17,23,26H,4,14-16,18H2/b5-3+. The smallest absolute Gasteiger partial charge is 0.146 e. The van der Waals surface area contributed by atoms with E-state index in [0.29, 0.717) is 5.69 Å². The summed E-state index contributed by atoms with van der Waals surface area (Å²) in [5, 5.41) is 0. The van der Waals surface area contributed by atoms with E-state index in [2.05, 4.69) is 15.9 Å². The lowest BCUT2D eigenvalue weighted by molar-refractivity contribution is 0.199. The predicted molar refractivity (Wildman–Crippen MR) is 123 cm³/mol. The van der Waals surface area contributed by atoms with Gasteiger partial charge >= 0.3 is 0 Å². The number of nitrogens with zero attached hydrogens (tertiary/aromatic N) is 2. The summed E-state index contributed by atoms with van der Waals surface area (Å²) in [4.78, 5) is 4.47. The van der Waals surface area contributed by atoms with Gasteiger partial charge in [0.1, 0.15) is 17.5 Å². The van der Waals surface area contributed by atoms with E-state index in [9.17, 15) is 13.2 Å². The number of hydrogen-bond acceptors (Lipinski definition) is 2. The van der Waals surface area contributed by atoms with Gasteiger partial charge in [-0.25, -0.2) is 13.2 Å². The van der Waals surface area contributed by atoms with Gasteiger partial charge in [0.05, 0.1) is 5.69 Å². The van der Waals surface area contributed by atoms with E-state index >= 15 is 0 Å². The fourth-order valence-corrected chi connectivity index (χ4v) is 5.05. The Bertz CT molecular complexity index is 1130. The van der Waals surface area contributed by atoms with Crippen molar-refractivity contribution in [2.45, 2.75) is 24.8 Å². The fraction of sp³-hybridized carbons (Fsp3) is 0.259. The highest BCUT2D eigenvalue weighted by Gasteiger charge is 2.43. The Hall–Kier alpha value is -3.05. The Labute approximate surface area is 186 Å². The molecule has 0 aromatic heterocycles. The largest absolute Gasteiger partial charge is 0.335 e. The maximum absolute atomic E-state index is 14.7. The minimum Gasteiger partial charge on any atom is -0.335 e. The van der Waals surface area contributed by atoms with Gasteiger partial charge in [-0.1, -0.05) is 36.4 Å². The molecule has 0 aliphatic carbocycles. The van der Waals surface area contributed by atoms with Gasteiger partial charge in [-0.05, 0) is 66.4 Å². The second kappa shape index (κ2) is 8.83. The van der Waals surface area contributed by atoms with Crippen molar-refractivity contribution in [2.75, 3.05) is 24.5 Å². The Morgan fingerprint density at radius 2 is 1.66 bits per heavy atom. The lowest BCUT2D eigenvalue weighted by atomic mass is 9.89. The first-order valence-corrected chi connectivity index (χ1v) is 11.1. The average molecular weight is 435 g/mol. The number of anilines is 2. The zero-order valence-corrected chi connectivity index (χ0v) is 17.7. The van der Waals surface area contributed by atoms with Crippen molar-refractivity contribution >= 4 is 17.5 Å². The van der Waals surface area contributed by atoms with Gasteiger partial charge in [0, 0.05) is 37.3 Å². The normalized spacial score (nSPS) is 20.5. The number of hydrogen-bond donors (Lipinski definition) is 0. The number of likely N-dealkylation sites (tertiary alicyclic amines) is 1. The molecular weight excluding hydrogens is 409 g/mol. The van der Waals surface area contributed by atoms with Crippen LogP contribution in [0.1, 0.15) is 29.9 Å². The van der Waals surface area contributed by atoms with E-state index in [0.717, 1.165) is 49.3 Å². The fourth-order valence-electron chi connectivity index (χ4n) is 5.05. The molecule has 0 saturated carbocycles. The third-order valence-corrected chi connectivity index (χ3v) is 6.54. The van der Waals surface area contributed by atoms with Gasteiger partial charge < -0.3 is 9.80 Å². The Morgan fingerprint density at radius 3 is 2.47 bits per heavy atom. The highest BCUT2D eigenvalue weighted by molar-refractivity contribution is 5.73. The Morgan fingerprint density at radius 1 is 0.875 bits per heavy atom. The van der Waals surface area contributed by atoms with Gasteiger partial charge in [-0.2, -0.15) is 0 Å². The second-order valence-corrected chi connectivity index (χ2v) is 8.53. The summed E-state index contributed by atoms with van der Waals surface area (Å²) in [6.45, 7) is 2.62. The summed E-state index contributed by atoms with van der Waals surface area (Å²) >= 11 is 0. The first-order chi connectivity index (χ1) is 15.6. The molecule has 5 heteroatoms. The molecule has 5 rings (SSSR count). The van der Waals surface area contributed by atoms with Crippen molar-refractivity contribution in [2.24, 2.45) is 0 Å². The summed E-state index contributed by atoms with van der Waals surface area (Å²) in [6.07, 6.45) is 5.87. The molecule has 32 heavy (non-hydrogen) atoms. The van der Waals surface area contributed by atoms with Crippen molar-refractivity contribution in [3.63, 3.8) is 0 Å². The minimum atomic E-state index is -0.253. The van der Waals surface area contributed by atoms with Gasteiger partial charge in [0.25, 0.3) is 0 Å². The molecule has 3 aromatic carbocycles. The summed E-state index contributed by atoms with van der Waals surface area (Å²) in [6, 6.07) is 18.2. The van der Waals surface area contributed by atoms with Crippen LogP contribution in [0.15, 0.2) is 72.8 Å². The van der Waals surface area contributed by atoms with Crippen LogP contribution in [-0.2, 0) is 0 Å². The SMILES string of the molecule is Fc1ccc(/C=C/CCN2CCC3C(C2)c2cc(F)ccc2N3c2ccccc2F)cc1. The molecule has 0 radical (unpaired) electrons. The van der Waals surface area contributed by atoms with Crippen LogP contribution in [0.5, 0.6) is 0 Å². The molecule has 2 aliphatic heterocycles. The predicted octanol–water partition coefficient (Wildman–Crippen LogP) is 6.52. The van der Waals surface area contributed by atoms with Crippen LogP contribution in [-0.4, -0.2) is 30.6 Å². The van der Waals surface area contributed by atoms with E-state index in [1.54, 1.807) is 36.4 Å². The van der Waals surface area contributed by atoms with Crippen molar-refractivity contribution in [3.8, 4) is 0 Å². The van der Waals surface area contributed by atoms with Crippen LogP contribution in [0.2, 0.25) is 0 Å². The van der Waals surface area contributed by atoms with Crippen molar-refractivity contribution in [1.29, 1.82) is 0 Å². The van der Waals surface area contributed by atoms with E-state index < -0.39 is 0 Å². The molecule has 2 aliphatic rings. The zero-order valence-electron chi connectivity index (χ0n) is 17.7. The van der Waals surface area contributed by atoms with Crippen molar-refractivity contribution in [1.82, 2.24) is 4.90 Å². The van der Waals surface area contributed by atoms with E-state index in [4.69, 9.17) is 0 Å². The average Bonchev–Trinajstić information content (AvgIpc) is 3.11. The molecule has 164 valence electrons. The second-order valence-electron chi connectivity index (χ2n) is 8.53. The third-order valence-electron chi connectivity index (χ3n) is 6.54. The van der Waals surface area contributed by atoms with Crippen molar-refractivity contribution < 1.29 is 13.2 Å². The molecule has 3 aromatic rings. The maximum atomic E-state index is 14.7. The highest BCUT2D eigenvalue weighted by atomic mass is 19.1. The molecule has 2 nitrogen and oxygen atoms in total. The summed E-state index contributed by atoms with van der Waals surface area (Å²) in [5.41, 5.74) is 3.41. The Balaban J connectivity index is 1.31. The number of piperidine rings is 1. The molecule has 0 spiro atoms. The molecule has 1 fully saturated rings. The van der Waals surface area contributed by atoms with Crippen LogP contribution in [0.3, 0.4) is 0 Å². The summed E-state index contributed by atoms with van der Waals surface area (Å²) in [5.74, 6) is -0.605. The van der Waals surface area contributed by atoms with E-state index in [1.807, 2.05) is 12.1 Å². The summed E-state index contributed by atoms with van der Waals surface area (Å²) in [7, 11) is 0. The first kappa shape index (κ1) is 20.8. The van der Waals surface area contributed by atoms with Gasteiger partial charge in [-0.15, -0.1) is 0 Å². The molecule has 2 heterocycles. The molecule has 0 amide bonds. The number of halogens is 3. The summed E-state index contributed by atoms with van der Waals surface area (Å²) < 4.78 is 41.8. The molecule has 0 N–H and O–H groups in total. The Kier molecular flexibility index (Phi) is 5.75. The zero-order chi connectivity index (χ0) is 22.1. The van der Waals surface area contributed by atoms with Crippen molar-refractivity contribution in [3.05, 3.63) is 101 Å². The number of para-hydroxylation sites is 1. The molecule has 1 saturated heterocycles. The van der Waals surface area contributed by atoms with Crippen LogP contribution in [0, 0.1) is 17.5 Å². The van der Waals surface area contributed by atoms with E-state index in [-0.39, 0.29) is 29.4 Å². The monoisotopic (exact) mass is 434 g/mol. The van der Waals surface area contributed by atoms with Gasteiger partial charge in [0.2, 0.25) is 0 Å². The number of benzene rings is 3. The molecular formula is C27H25F3N2. The molecule has 2 unspecified atom stereocenters. The minimum absolute atomic E-state index is 0.120. The maximum Gasteiger partial charge on any atom is 0.146 e. The van der Waals surface area contributed by atoms with Crippen LogP contribution in [0.25, 0.3) is 6.08 Å². The number of fused-ring (bicyclic) bond motifs is 3. The topological polar surface area (TPSA) is 6.48 Å². The lowest BCUT2D eigenvalue weighted by Gasteiger charge is -2.39. The molecule has 0 bridgehead atoms. The molecule has 2 atom stereocenters. The van der Waals surface area contributed by atoms with Gasteiger partial charge in [-0.3, -0.25) is 0 Å². The van der Waals surface area contributed by atoms with Crippen LogP contribution < -0.4 is 4.90 Å². The van der Waals surface area contributed by atoms with Crippen LogP contribution >= 0.6 is 0 Å². The van der Waals surface area contributed by atoms with Crippen LogP contribution in [0.4, 0.5) is 24.5 Å². The van der Waals surface area contributed by atoms with E-state index in [1.165, 1.54) is 24.3 Å². The third kappa shape index (κ3) is 4.05. The highest BCUT2D eigenvalue weighted by Crippen LogP contribution is 2.49. The lowest BCUT2D eigenvalue weighted by Crippen LogP contribution is -2.45. The first-order valence-electron chi connectivity index (χ1n) is 11.1.